The summed E-state index contributed by atoms with van der Waals surface area (Å²) in [7, 11) is 0. The average molecular weight is 337 g/mol. The van der Waals surface area contributed by atoms with E-state index in [9.17, 15) is 14.0 Å². The predicted octanol–water partition coefficient (Wildman–Crippen LogP) is 2.45. The number of ketones is 1. The summed E-state index contributed by atoms with van der Waals surface area (Å²) < 4.78 is 13.5. The van der Waals surface area contributed by atoms with Crippen LogP contribution in [0.3, 0.4) is 0 Å². The Labute approximate surface area is 139 Å². The monoisotopic (exact) mass is 336 g/mol. The zero-order valence-electron chi connectivity index (χ0n) is 12.6. The first-order valence-electron chi connectivity index (χ1n) is 7.62. The van der Waals surface area contributed by atoms with Crippen LogP contribution >= 0.6 is 11.6 Å². The van der Waals surface area contributed by atoms with Gasteiger partial charge < -0.3 is 10.6 Å². The van der Waals surface area contributed by atoms with Crippen LogP contribution in [0.2, 0.25) is 5.02 Å². The summed E-state index contributed by atoms with van der Waals surface area (Å²) in [5.74, 6) is -0.583. The van der Waals surface area contributed by atoms with E-state index in [2.05, 4.69) is 0 Å². The molecule has 1 aromatic rings. The van der Waals surface area contributed by atoms with Gasteiger partial charge in [0.15, 0.2) is 5.78 Å². The lowest BCUT2D eigenvalue weighted by atomic mass is 9.77. The van der Waals surface area contributed by atoms with Crippen LogP contribution < -0.4 is 5.73 Å². The van der Waals surface area contributed by atoms with Gasteiger partial charge in [-0.1, -0.05) is 17.7 Å². The second-order valence-electron chi connectivity index (χ2n) is 6.38. The number of carbonyl (C=O) groups is 2. The molecular weight excluding hydrogens is 319 g/mol. The molecule has 6 heteroatoms. The van der Waals surface area contributed by atoms with Crippen molar-refractivity contribution in [3.05, 3.63) is 46.4 Å². The van der Waals surface area contributed by atoms with Crippen LogP contribution in [0.15, 0.2) is 30.0 Å². The van der Waals surface area contributed by atoms with Crippen LogP contribution in [0.4, 0.5) is 4.39 Å². The lowest BCUT2D eigenvalue weighted by molar-refractivity contribution is -0.129. The molecule has 122 valence electrons. The smallest absolute Gasteiger partial charge is 0.227 e. The van der Waals surface area contributed by atoms with Gasteiger partial charge in [-0.2, -0.15) is 0 Å². The molecule has 0 unspecified atom stereocenters. The summed E-state index contributed by atoms with van der Waals surface area (Å²) in [5, 5.41) is 0.0498. The Bertz CT molecular complexity index is 704. The molecular formula is C17H18ClFN2O2. The Kier molecular flexibility index (Phi) is 4.15. The maximum Gasteiger partial charge on any atom is 0.227 e. The van der Waals surface area contributed by atoms with Crippen LogP contribution in [0.25, 0.3) is 0 Å². The molecule has 1 aliphatic carbocycles. The molecule has 0 saturated carbocycles. The third-order valence-electron chi connectivity index (χ3n) is 4.71. The molecule has 1 atom stereocenters. The van der Waals surface area contributed by atoms with E-state index in [0.29, 0.717) is 30.8 Å². The Balaban J connectivity index is 1.68. The molecule has 1 spiro atoms. The van der Waals surface area contributed by atoms with E-state index >= 15 is 0 Å². The fourth-order valence-electron chi connectivity index (χ4n) is 3.36. The fraction of sp³-hybridized carbons (Fsp3) is 0.412. The van der Waals surface area contributed by atoms with Gasteiger partial charge in [0, 0.05) is 24.9 Å². The summed E-state index contributed by atoms with van der Waals surface area (Å²) in [6.45, 7) is 1.20. The van der Waals surface area contributed by atoms with Crippen molar-refractivity contribution in [2.24, 2.45) is 11.1 Å². The van der Waals surface area contributed by atoms with E-state index in [0.717, 1.165) is 12.8 Å². The molecule has 1 heterocycles. The van der Waals surface area contributed by atoms with Gasteiger partial charge in [0.25, 0.3) is 0 Å². The number of halogens is 2. The molecule has 2 aliphatic rings. The van der Waals surface area contributed by atoms with Crippen LogP contribution in [-0.2, 0) is 16.0 Å². The normalized spacial score (nSPS) is 24.2. The number of likely N-dealkylation sites (tertiary alicyclic amines) is 1. The lowest BCUT2D eigenvalue weighted by Crippen LogP contribution is -2.35. The van der Waals surface area contributed by atoms with E-state index < -0.39 is 5.82 Å². The first-order valence-corrected chi connectivity index (χ1v) is 8.00. The molecule has 1 fully saturated rings. The molecule has 0 aromatic heterocycles. The third kappa shape index (κ3) is 3.24. The van der Waals surface area contributed by atoms with Gasteiger partial charge in [-0.25, -0.2) is 4.39 Å². The molecule has 1 amide bonds. The number of hydrogen-bond acceptors (Lipinski definition) is 3. The molecule has 1 aliphatic heterocycles. The van der Waals surface area contributed by atoms with Crippen molar-refractivity contribution in [2.45, 2.75) is 25.7 Å². The number of carbonyl (C=O) groups excluding carboxylic acids is 2. The highest BCUT2D eigenvalue weighted by molar-refractivity contribution is 6.30. The number of hydrogen-bond donors (Lipinski definition) is 1. The van der Waals surface area contributed by atoms with Gasteiger partial charge in [-0.15, -0.1) is 0 Å². The number of amides is 1. The van der Waals surface area contributed by atoms with E-state index in [1.54, 1.807) is 11.0 Å². The second kappa shape index (κ2) is 5.96. The number of Topliss-reactive ketones (excluding diaryl/α,β-unsaturated/α-hetero) is 1. The molecule has 0 bridgehead atoms. The third-order valence-corrected chi connectivity index (χ3v) is 5.02. The first-order chi connectivity index (χ1) is 10.9. The SMILES string of the molecule is NC1=C[C@]2(CCC1=O)CCN(C(=O)Cc1ccc(Cl)c(F)c1)C2. The van der Waals surface area contributed by atoms with Gasteiger partial charge in [0.2, 0.25) is 5.91 Å². The van der Waals surface area contributed by atoms with Crippen molar-refractivity contribution in [1.82, 2.24) is 4.90 Å². The predicted molar refractivity (Wildman–Crippen MR) is 85.3 cm³/mol. The van der Waals surface area contributed by atoms with Crippen LogP contribution in [0.1, 0.15) is 24.8 Å². The summed E-state index contributed by atoms with van der Waals surface area (Å²) >= 11 is 5.65. The summed E-state index contributed by atoms with van der Waals surface area (Å²) in [6, 6.07) is 4.41. The molecule has 1 aromatic carbocycles. The van der Waals surface area contributed by atoms with Gasteiger partial charge >= 0.3 is 0 Å². The first kappa shape index (κ1) is 16.0. The Morgan fingerprint density at radius 2 is 2.17 bits per heavy atom. The zero-order valence-corrected chi connectivity index (χ0v) is 13.4. The van der Waals surface area contributed by atoms with Crippen molar-refractivity contribution >= 4 is 23.3 Å². The lowest BCUT2D eigenvalue weighted by Gasteiger charge is -2.29. The Morgan fingerprint density at radius 3 is 2.87 bits per heavy atom. The minimum atomic E-state index is -0.517. The Morgan fingerprint density at radius 1 is 1.39 bits per heavy atom. The molecule has 3 rings (SSSR count). The van der Waals surface area contributed by atoms with Gasteiger partial charge in [0.1, 0.15) is 5.82 Å². The summed E-state index contributed by atoms with van der Waals surface area (Å²) in [4.78, 5) is 25.7. The van der Waals surface area contributed by atoms with E-state index in [1.807, 2.05) is 6.08 Å². The highest BCUT2D eigenvalue weighted by Gasteiger charge is 2.41. The Hall–Kier alpha value is -1.88. The maximum atomic E-state index is 13.5. The van der Waals surface area contributed by atoms with Gasteiger partial charge in [0.05, 0.1) is 17.1 Å². The summed E-state index contributed by atoms with van der Waals surface area (Å²) in [5.41, 5.74) is 6.49. The van der Waals surface area contributed by atoms with Crippen LogP contribution in [-0.4, -0.2) is 29.7 Å². The maximum absolute atomic E-state index is 13.5. The highest BCUT2D eigenvalue weighted by atomic mass is 35.5. The van der Waals surface area contributed by atoms with E-state index in [4.69, 9.17) is 17.3 Å². The zero-order chi connectivity index (χ0) is 16.6. The highest BCUT2D eigenvalue weighted by Crippen LogP contribution is 2.40. The van der Waals surface area contributed by atoms with Crippen molar-refractivity contribution in [3.8, 4) is 0 Å². The largest absolute Gasteiger partial charge is 0.396 e. The topological polar surface area (TPSA) is 63.4 Å². The van der Waals surface area contributed by atoms with Gasteiger partial charge in [-0.05, 0) is 36.6 Å². The van der Waals surface area contributed by atoms with Crippen molar-refractivity contribution in [1.29, 1.82) is 0 Å². The molecule has 23 heavy (non-hydrogen) atoms. The van der Waals surface area contributed by atoms with E-state index in [-0.39, 0.29) is 28.5 Å². The number of allylic oxidation sites excluding steroid dienone is 1. The van der Waals surface area contributed by atoms with Crippen LogP contribution in [0.5, 0.6) is 0 Å². The molecule has 0 radical (unpaired) electrons. The molecule has 2 N–H and O–H groups in total. The average Bonchev–Trinajstić information content (AvgIpc) is 2.91. The quantitative estimate of drug-likeness (QED) is 0.902. The van der Waals surface area contributed by atoms with Gasteiger partial charge in [-0.3, -0.25) is 9.59 Å². The van der Waals surface area contributed by atoms with Crippen LogP contribution in [0, 0.1) is 11.2 Å². The standard InChI is InChI=1S/C17H18ClFN2O2/c18-12-2-1-11(7-13(12)19)8-16(23)21-6-5-17(10-21)4-3-15(22)14(20)9-17/h1-2,7,9H,3-6,8,10,20H2/t17-/m0/s1. The number of nitrogens with zero attached hydrogens (tertiary/aromatic N) is 1. The second-order valence-corrected chi connectivity index (χ2v) is 6.78. The van der Waals surface area contributed by atoms with Crippen molar-refractivity contribution < 1.29 is 14.0 Å². The van der Waals surface area contributed by atoms with Crippen molar-refractivity contribution in [2.75, 3.05) is 13.1 Å². The minimum Gasteiger partial charge on any atom is -0.396 e. The minimum absolute atomic E-state index is 0.0166. The summed E-state index contributed by atoms with van der Waals surface area (Å²) in [6.07, 6.45) is 3.94. The van der Waals surface area contributed by atoms with E-state index in [1.165, 1.54) is 12.1 Å². The fourth-order valence-corrected chi connectivity index (χ4v) is 3.47. The molecule has 4 nitrogen and oxygen atoms in total. The number of benzene rings is 1. The van der Waals surface area contributed by atoms with Crippen molar-refractivity contribution in [3.63, 3.8) is 0 Å². The number of nitrogens with two attached hydrogens (primary N) is 1. The number of rotatable bonds is 2. The molecule has 1 saturated heterocycles.